The Hall–Kier alpha value is -2.44. The van der Waals surface area contributed by atoms with E-state index in [9.17, 15) is 0 Å². The number of rotatable bonds is 4. The predicted molar refractivity (Wildman–Crippen MR) is 112 cm³/mol. The third-order valence-corrected chi connectivity index (χ3v) is 6.22. The van der Waals surface area contributed by atoms with Gasteiger partial charge in [-0.1, -0.05) is 24.3 Å². The zero-order chi connectivity index (χ0) is 19.6. The van der Waals surface area contributed by atoms with Crippen molar-refractivity contribution in [2.45, 2.75) is 50.3 Å². The molecule has 1 aromatic carbocycles. The number of pyridine rings is 1. The lowest BCUT2D eigenvalue weighted by Crippen LogP contribution is -2.25. The van der Waals surface area contributed by atoms with Crippen molar-refractivity contribution in [3.8, 4) is 11.6 Å². The number of nitrogens with zero attached hydrogens (tertiary/aromatic N) is 4. The molecule has 0 amide bonds. The first-order chi connectivity index (χ1) is 14.3. The van der Waals surface area contributed by atoms with Gasteiger partial charge >= 0.3 is 0 Å². The van der Waals surface area contributed by atoms with Crippen LogP contribution in [0.1, 0.15) is 54.9 Å². The van der Waals surface area contributed by atoms with Gasteiger partial charge in [0.2, 0.25) is 5.88 Å². The van der Waals surface area contributed by atoms with Gasteiger partial charge < -0.3 is 10.1 Å². The van der Waals surface area contributed by atoms with Gasteiger partial charge in [-0.25, -0.2) is 4.98 Å². The van der Waals surface area contributed by atoms with E-state index < -0.39 is 0 Å². The van der Waals surface area contributed by atoms with Crippen molar-refractivity contribution in [1.29, 1.82) is 0 Å². The number of alkyl halides is 1. The van der Waals surface area contributed by atoms with Crippen molar-refractivity contribution in [2.75, 3.05) is 5.88 Å². The molecule has 0 saturated heterocycles. The molecule has 3 heterocycles. The van der Waals surface area contributed by atoms with Crippen LogP contribution in [0.2, 0.25) is 0 Å². The van der Waals surface area contributed by atoms with E-state index in [0.717, 1.165) is 49.6 Å². The van der Waals surface area contributed by atoms with Crippen molar-refractivity contribution in [2.24, 2.45) is 0 Å². The summed E-state index contributed by atoms with van der Waals surface area (Å²) >= 11 is 6.25. The molecule has 1 saturated carbocycles. The molecule has 1 aliphatic heterocycles. The normalized spacial score (nSPS) is 23.7. The average Bonchev–Trinajstić information content (AvgIpc) is 3.14. The van der Waals surface area contributed by atoms with Crippen LogP contribution in [0.25, 0.3) is 5.69 Å². The number of halogens is 1. The van der Waals surface area contributed by atoms with Crippen molar-refractivity contribution in [1.82, 2.24) is 25.1 Å². The topological polar surface area (TPSA) is 64.9 Å². The van der Waals surface area contributed by atoms with Crippen molar-refractivity contribution in [3.63, 3.8) is 0 Å². The molecule has 150 valence electrons. The van der Waals surface area contributed by atoms with Crippen LogP contribution in [0.15, 0.2) is 48.7 Å². The Morgan fingerprint density at radius 1 is 1.00 bits per heavy atom. The largest absolute Gasteiger partial charge is 0.474 e. The number of aromatic nitrogens is 4. The zero-order valence-corrected chi connectivity index (χ0v) is 16.9. The molecule has 2 aromatic heterocycles. The molecule has 2 aliphatic rings. The van der Waals surface area contributed by atoms with Crippen LogP contribution in [-0.4, -0.2) is 31.7 Å². The van der Waals surface area contributed by atoms with Crippen molar-refractivity contribution in [3.05, 3.63) is 65.9 Å². The quantitative estimate of drug-likeness (QED) is 0.656. The minimum atomic E-state index is -0.00542. The highest BCUT2D eigenvalue weighted by Gasteiger charge is 2.32. The van der Waals surface area contributed by atoms with Crippen molar-refractivity contribution >= 4 is 11.6 Å². The molecule has 7 heteroatoms. The lowest BCUT2D eigenvalue weighted by molar-refractivity contribution is 0.139. The molecule has 1 fully saturated rings. The lowest BCUT2D eigenvalue weighted by atomic mass is 9.86. The van der Waals surface area contributed by atoms with Crippen LogP contribution in [0, 0.1) is 0 Å². The summed E-state index contributed by atoms with van der Waals surface area (Å²) in [6.45, 7) is 0.779. The van der Waals surface area contributed by atoms with E-state index in [4.69, 9.17) is 16.3 Å². The molecule has 6 nitrogen and oxygen atoms in total. The summed E-state index contributed by atoms with van der Waals surface area (Å²) in [5.41, 5.74) is 2.41. The minimum absolute atomic E-state index is 0.00542. The third kappa shape index (κ3) is 3.63. The number of fused-ring (bicyclic) bond motifs is 3. The van der Waals surface area contributed by atoms with Crippen molar-refractivity contribution < 1.29 is 4.74 Å². The first-order valence-corrected chi connectivity index (χ1v) is 10.8. The Bertz CT molecular complexity index is 968. The molecule has 5 rings (SSSR count). The van der Waals surface area contributed by atoms with E-state index in [0.29, 0.717) is 17.7 Å². The highest BCUT2D eigenvalue weighted by molar-refractivity contribution is 6.18. The molecule has 1 aliphatic carbocycles. The van der Waals surface area contributed by atoms with E-state index in [2.05, 4.69) is 49.3 Å². The number of ether oxygens (including phenoxy) is 1. The molecule has 1 atom stereocenters. The number of benzene rings is 1. The number of para-hydroxylation sites is 1. The van der Waals surface area contributed by atoms with Crippen LogP contribution in [-0.2, 0) is 6.54 Å². The first kappa shape index (κ1) is 18.6. The fourth-order valence-corrected chi connectivity index (χ4v) is 4.65. The second kappa shape index (κ2) is 8.13. The van der Waals surface area contributed by atoms with Gasteiger partial charge in [0.1, 0.15) is 11.9 Å². The van der Waals surface area contributed by atoms with Crippen LogP contribution in [0.3, 0.4) is 0 Å². The minimum Gasteiger partial charge on any atom is -0.474 e. The number of hydrogen-bond donors (Lipinski definition) is 1. The van der Waals surface area contributed by atoms with Gasteiger partial charge in [0.25, 0.3) is 0 Å². The maximum atomic E-state index is 6.25. The second-order valence-corrected chi connectivity index (χ2v) is 8.04. The predicted octanol–water partition coefficient (Wildman–Crippen LogP) is 4.15. The molecule has 3 aromatic rings. The summed E-state index contributed by atoms with van der Waals surface area (Å²) in [5, 5.41) is 12.7. The van der Waals surface area contributed by atoms with E-state index in [-0.39, 0.29) is 12.1 Å². The van der Waals surface area contributed by atoms with Gasteiger partial charge in [0, 0.05) is 30.6 Å². The van der Waals surface area contributed by atoms with E-state index in [1.54, 1.807) is 6.20 Å². The molecule has 29 heavy (non-hydrogen) atoms. The number of nitrogens with one attached hydrogen (secondary N) is 1. The SMILES string of the molecule is ClCC1NCc2ccccc2-n2c(C3CCC(Oc4ccccn4)CC3)nnc21. The van der Waals surface area contributed by atoms with E-state index in [1.165, 1.54) is 5.56 Å². The Labute approximate surface area is 175 Å². The van der Waals surface area contributed by atoms with Crippen LogP contribution < -0.4 is 10.1 Å². The van der Waals surface area contributed by atoms with Gasteiger partial charge in [-0.15, -0.1) is 21.8 Å². The summed E-state index contributed by atoms with van der Waals surface area (Å²) in [6.07, 6.45) is 6.00. The van der Waals surface area contributed by atoms with E-state index >= 15 is 0 Å². The number of hydrogen-bond acceptors (Lipinski definition) is 5. The summed E-state index contributed by atoms with van der Waals surface area (Å²) in [6, 6.07) is 14.2. The molecular weight excluding hydrogens is 386 g/mol. The smallest absolute Gasteiger partial charge is 0.213 e. The van der Waals surface area contributed by atoms with Gasteiger partial charge in [0.05, 0.1) is 11.7 Å². The Morgan fingerprint density at radius 2 is 1.79 bits per heavy atom. The fraction of sp³-hybridized carbons (Fsp3) is 0.409. The summed E-state index contributed by atoms with van der Waals surface area (Å²) in [5.74, 6) is 3.49. The maximum absolute atomic E-state index is 6.25. The van der Waals surface area contributed by atoms with Gasteiger partial charge in [0.15, 0.2) is 5.82 Å². The van der Waals surface area contributed by atoms with Crippen LogP contribution >= 0.6 is 11.6 Å². The summed E-state index contributed by atoms with van der Waals surface area (Å²) in [4.78, 5) is 4.28. The Morgan fingerprint density at radius 3 is 2.59 bits per heavy atom. The highest BCUT2D eigenvalue weighted by atomic mass is 35.5. The van der Waals surface area contributed by atoms with Gasteiger partial charge in [-0.2, -0.15) is 0 Å². The average molecular weight is 410 g/mol. The molecule has 0 radical (unpaired) electrons. The Kier molecular flexibility index (Phi) is 5.21. The molecule has 1 unspecified atom stereocenters. The second-order valence-electron chi connectivity index (χ2n) is 7.73. The zero-order valence-electron chi connectivity index (χ0n) is 16.2. The van der Waals surface area contributed by atoms with E-state index in [1.807, 2.05) is 18.2 Å². The van der Waals surface area contributed by atoms with Crippen LogP contribution in [0.4, 0.5) is 0 Å². The highest BCUT2D eigenvalue weighted by Crippen LogP contribution is 2.37. The maximum Gasteiger partial charge on any atom is 0.213 e. The standard InChI is InChI=1S/C22H24ClN5O/c23-13-18-22-27-26-21(28(22)19-6-2-1-5-16(19)14-25-18)15-8-10-17(11-9-15)29-20-7-3-4-12-24-20/h1-7,12,15,17-18,25H,8-11,13-14H2. The van der Waals surface area contributed by atoms with Gasteiger partial charge in [-0.05, 0) is 43.4 Å². The van der Waals surface area contributed by atoms with Gasteiger partial charge in [-0.3, -0.25) is 4.57 Å². The monoisotopic (exact) mass is 409 g/mol. The lowest BCUT2D eigenvalue weighted by Gasteiger charge is -2.28. The molecule has 0 bridgehead atoms. The first-order valence-electron chi connectivity index (χ1n) is 10.2. The summed E-state index contributed by atoms with van der Waals surface area (Å²) < 4.78 is 8.31. The third-order valence-electron chi connectivity index (χ3n) is 5.92. The summed E-state index contributed by atoms with van der Waals surface area (Å²) in [7, 11) is 0. The van der Waals surface area contributed by atoms with Crippen LogP contribution in [0.5, 0.6) is 5.88 Å². The Balaban J connectivity index is 1.39. The molecule has 0 spiro atoms. The molecule has 1 N–H and O–H groups in total. The fourth-order valence-electron chi connectivity index (χ4n) is 4.40. The molecular formula is C22H24ClN5O.